The van der Waals surface area contributed by atoms with Crippen molar-refractivity contribution >= 4 is 39.4 Å². The van der Waals surface area contributed by atoms with Crippen LogP contribution in [-0.4, -0.2) is 46.3 Å². The van der Waals surface area contributed by atoms with Gasteiger partial charge in [0, 0.05) is 21.8 Å². The molecular formula is C29H30BrN5O3. The largest absolute Gasteiger partial charge is 0.497 e. The molecule has 196 valence electrons. The van der Waals surface area contributed by atoms with Crippen molar-refractivity contribution in [3.8, 4) is 22.6 Å². The number of rotatable bonds is 8. The summed E-state index contributed by atoms with van der Waals surface area (Å²) >= 11 is 3.39. The number of halogens is 1. The van der Waals surface area contributed by atoms with E-state index < -0.39 is 0 Å². The average molecular weight is 576 g/mol. The summed E-state index contributed by atoms with van der Waals surface area (Å²) in [4.78, 5) is 28.0. The number of carbonyl (C=O) groups is 2. The first-order valence-electron chi connectivity index (χ1n) is 12.2. The lowest BCUT2D eigenvalue weighted by atomic mass is 10.1. The molecule has 0 atom stereocenters. The second-order valence-corrected chi connectivity index (χ2v) is 9.91. The molecule has 2 N–H and O–H groups in total. The Morgan fingerprint density at radius 3 is 2.24 bits per heavy atom. The van der Waals surface area contributed by atoms with Gasteiger partial charge in [-0.15, -0.1) is 0 Å². The number of hydrogen-bond donors (Lipinski definition) is 2. The lowest BCUT2D eigenvalue weighted by Crippen LogP contribution is -2.44. The van der Waals surface area contributed by atoms with E-state index in [0.717, 1.165) is 32.7 Å². The highest BCUT2D eigenvalue weighted by molar-refractivity contribution is 9.10. The number of nitrogens with one attached hydrogen (secondary N) is 2. The maximum atomic E-state index is 13.4. The first-order chi connectivity index (χ1) is 18.3. The summed E-state index contributed by atoms with van der Waals surface area (Å²) in [6.07, 6.45) is 0. The molecule has 4 aromatic rings. The minimum atomic E-state index is -0.361. The van der Waals surface area contributed by atoms with Gasteiger partial charge in [0.1, 0.15) is 18.1 Å². The summed E-state index contributed by atoms with van der Waals surface area (Å²) in [7, 11) is 1.61. The van der Waals surface area contributed by atoms with E-state index >= 15 is 0 Å². The molecule has 0 unspecified atom stereocenters. The molecule has 0 aliphatic heterocycles. The van der Waals surface area contributed by atoms with Gasteiger partial charge in [0.25, 0.3) is 0 Å². The van der Waals surface area contributed by atoms with E-state index in [2.05, 4.69) is 26.6 Å². The number of anilines is 2. The number of methoxy groups -OCH3 is 1. The summed E-state index contributed by atoms with van der Waals surface area (Å²) in [6, 6.07) is 23.9. The number of hydrogen-bond acceptors (Lipinski definition) is 4. The van der Waals surface area contributed by atoms with E-state index in [-0.39, 0.29) is 24.5 Å². The van der Waals surface area contributed by atoms with Gasteiger partial charge in [0.15, 0.2) is 0 Å². The molecule has 0 aliphatic carbocycles. The van der Waals surface area contributed by atoms with Crippen LogP contribution >= 0.6 is 15.9 Å². The maximum absolute atomic E-state index is 13.4. The van der Waals surface area contributed by atoms with Crippen LogP contribution in [0.5, 0.6) is 5.75 Å². The van der Waals surface area contributed by atoms with Crippen molar-refractivity contribution in [3.05, 3.63) is 89.0 Å². The molecule has 3 amide bonds. The topological polar surface area (TPSA) is 88.5 Å². The second-order valence-electron chi connectivity index (χ2n) is 8.99. The van der Waals surface area contributed by atoms with Gasteiger partial charge >= 0.3 is 6.03 Å². The van der Waals surface area contributed by atoms with Gasteiger partial charge < -0.3 is 20.3 Å². The summed E-state index contributed by atoms with van der Waals surface area (Å²) < 4.78 is 7.91. The van der Waals surface area contributed by atoms with Crippen LogP contribution in [-0.2, 0) is 4.79 Å². The Bertz CT molecular complexity index is 1400. The smallest absolute Gasteiger partial charge is 0.322 e. The van der Waals surface area contributed by atoms with Crippen molar-refractivity contribution in [1.29, 1.82) is 0 Å². The van der Waals surface area contributed by atoms with Crippen molar-refractivity contribution < 1.29 is 14.3 Å². The Kier molecular flexibility index (Phi) is 8.48. The molecule has 4 rings (SSSR count). The molecule has 0 spiro atoms. The lowest BCUT2D eigenvalue weighted by Gasteiger charge is -2.26. The Balaban J connectivity index is 1.63. The quantitative estimate of drug-likeness (QED) is 0.251. The monoisotopic (exact) mass is 575 g/mol. The third-order valence-corrected chi connectivity index (χ3v) is 6.52. The van der Waals surface area contributed by atoms with Crippen LogP contribution in [0.15, 0.2) is 83.3 Å². The Hall–Kier alpha value is -4.11. The number of ether oxygens (including phenoxy) is 1. The highest BCUT2D eigenvalue weighted by Gasteiger charge is 2.24. The number of carbonyl (C=O) groups excluding carboxylic acids is 2. The second kappa shape index (κ2) is 12.0. The molecular weight excluding hydrogens is 546 g/mol. The third kappa shape index (κ3) is 6.23. The van der Waals surface area contributed by atoms with Crippen LogP contribution in [0.1, 0.15) is 19.5 Å². The van der Waals surface area contributed by atoms with Gasteiger partial charge in [0.05, 0.1) is 18.5 Å². The number of aromatic nitrogens is 2. The fourth-order valence-corrected chi connectivity index (χ4v) is 4.31. The van der Waals surface area contributed by atoms with Crippen molar-refractivity contribution in [1.82, 2.24) is 14.7 Å². The molecule has 9 heteroatoms. The first-order valence-corrected chi connectivity index (χ1v) is 13.0. The van der Waals surface area contributed by atoms with Gasteiger partial charge in [-0.25, -0.2) is 9.48 Å². The van der Waals surface area contributed by atoms with Crippen molar-refractivity contribution in [2.24, 2.45) is 0 Å². The van der Waals surface area contributed by atoms with Crippen LogP contribution in [0.4, 0.5) is 16.3 Å². The molecule has 0 radical (unpaired) electrons. The Morgan fingerprint density at radius 2 is 1.63 bits per heavy atom. The fraction of sp³-hybridized carbons (Fsp3) is 0.207. The average Bonchev–Trinajstić information content (AvgIpc) is 3.24. The number of urea groups is 1. The van der Waals surface area contributed by atoms with Gasteiger partial charge in [-0.05, 0) is 74.9 Å². The third-order valence-electron chi connectivity index (χ3n) is 5.99. The van der Waals surface area contributed by atoms with Crippen LogP contribution in [0, 0.1) is 6.92 Å². The number of amides is 3. The highest BCUT2D eigenvalue weighted by Crippen LogP contribution is 2.33. The maximum Gasteiger partial charge on any atom is 0.322 e. The summed E-state index contributed by atoms with van der Waals surface area (Å²) in [5.41, 5.74) is 3.90. The molecule has 0 bridgehead atoms. The molecule has 0 fully saturated rings. The van der Waals surface area contributed by atoms with Crippen molar-refractivity contribution in [2.45, 2.75) is 26.8 Å². The highest BCUT2D eigenvalue weighted by atomic mass is 79.9. The van der Waals surface area contributed by atoms with Gasteiger partial charge in [-0.1, -0.05) is 46.3 Å². The van der Waals surface area contributed by atoms with Gasteiger partial charge in [-0.2, -0.15) is 5.10 Å². The minimum Gasteiger partial charge on any atom is -0.497 e. The van der Waals surface area contributed by atoms with Crippen LogP contribution in [0.25, 0.3) is 16.8 Å². The molecule has 3 aromatic carbocycles. The van der Waals surface area contributed by atoms with E-state index in [1.54, 1.807) is 23.9 Å². The van der Waals surface area contributed by atoms with Crippen molar-refractivity contribution in [3.63, 3.8) is 0 Å². The van der Waals surface area contributed by atoms with E-state index in [4.69, 9.17) is 9.84 Å². The van der Waals surface area contributed by atoms with Gasteiger partial charge in [-0.3, -0.25) is 4.79 Å². The number of nitrogens with zero attached hydrogens (tertiary/aromatic N) is 3. The predicted molar refractivity (Wildman–Crippen MR) is 154 cm³/mol. The minimum absolute atomic E-state index is 0.138. The van der Waals surface area contributed by atoms with Crippen LogP contribution in [0.3, 0.4) is 0 Å². The molecule has 0 saturated carbocycles. The fourth-order valence-electron chi connectivity index (χ4n) is 4.05. The van der Waals surface area contributed by atoms with Crippen LogP contribution < -0.4 is 15.4 Å². The molecule has 38 heavy (non-hydrogen) atoms. The molecule has 1 heterocycles. The predicted octanol–water partition coefficient (Wildman–Crippen LogP) is 6.50. The molecule has 0 saturated heterocycles. The number of aryl methyl sites for hydroxylation is 1. The zero-order chi connectivity index (χ0) is 27.2. The summed E-state index contributed by atoms with van der Waals surface area (Å²) in [5.74, 6) is 0.910. The van der Waals surface area contributed by atoms with E-state index in [0.29, 0.717) is 11.5 Å². The summed E-state index contributed by atoms with van der Waals surface area (Å²) in [5, 5.41) is 10.6. The van der Waals surface area contributed by atoms with E-state index in [1.165, 1.54) is 4.90 Å². The zero-order valence-electron chi connectivity index (χ0n) is 21.7. The zero-order valence-corrected chi connectivity index (χ0v) is 23.3. The van der Waals surface area contributed by atoms with Crippen molar-refractivity contribution in [2.75, 3.05) is 24.3 Å². The Morgan fingerprint density at radius 1 is 0.974 bits per heavy atom. The van der Waals surface area contributed by atoms with E-state index in [9.17, 15) is 9.59 Å². The molecule has 1 aromatic heterocycles. The lowest BCUT2D eigenvalue weighted by molar-refractivity contribution is -0.117. The number of benzene rings is 3. The van der Waals surface area contributed by atoms with Gasteiger partial charge in [0.2, 0.25) is 5.91 Å². The Labute approximate surface area is 230 Å². The van der Waals surface area contributed by atoms with E-state index in [1.807, 2.05) is 87.5 Å². The summed E-state index contributed by atoms with van der Waals surface area (Å²) in [6.45, 7) is 5.51. The van der Waals surface area contributed by atoms with Crippen LogP contribution in [0.2, 0.25) is 0 Å². The SMILES string of the molecule is COc1ccc(-n2nc(C)c(-c3ccccc3)c2NC(=O)CN(C(=O)Nc2ccc(Br)cc2)C(C)C)cc1. The molecule has 8 nitrogen and oxygen atoms in total. The first kappa shape index (κ1) is 26.9. The normalized spacial score (nSPS) is 10.8. The standard InChI is InChI=1S/C29H30BrN5O3/c1-19(2)34(29(37)31-23-12-10-22(30)11-13-23)18-26(36)32-28-27(21-8-6-5-7-9-21)20(3)33-35(28)24-14-16-25(38-4)17-15-24/h5-17,19H,18H2,1-4H3,(H,31,37)(H,32,36). The molecule has 0 aliphatic rings.